The Morgan fingerprint density at radius 1 is 1.37 bits per heavy atom. The summed E-state index contributed by atoms with van der Waals surface area (Å²) >= 11 is 0. The molecule has 0 aliphatic heterocycles. The van der Waals surface area contributed by atoms with E-state index in [4.69, 9.17) is 5.11 Å². The van der Waals surface area contributed by atoms with Crippen molar-refractivity contribution in [1.82, 2.24) is 4.90 Å². The van der Waals surface area contributed by atoms with Gasteiger partial charge in [0, 0.05) is 25.2 Å². The smallest absolute Gasteiger partial charge is 0.307 e. The number of amides is 1. The first-order valence-electron chi connectivity index (χ1n) is 5.82. The number of carbonyl (C=O) groups excluding carboxylic acids is 1. The number of hydrogen-bond donors (Lipinski definition) is 1. The van der Waals surface area contributed by atoms with E-state index in [1.165, 1.54) is 18.0 Å². The lowest BCUT2D eigenvalue weighted by Crippen LogP contribution is -2.29. The van der Waals surface area contributed by atoms with E-state index in [0.29, 0.717) is 6.42 Å². The summed E-state index contributed by atoms with van der Waals surface area (Å²) in [5, 5.41) is 8.75. The number of aliphatic carboxylic acids is 1. The molecule has 1 aromatic carbocycles. The van der Waals surface area contributed by atoms with Crippen LogP contribution in [0.25, 0.3) is 0 Å². The number of carbonyl (C=O) groups is 2. The van der Waals surface area contributed by atoms with E-state index < -0.39 is 29.4 Å². The summed E-state index contributed by atoms with van der Waals surface area (Å²) in [7, 11) is 1.47. The van der Waals surface area contributed by atoms with Crippen molar-refractivity contribution in [2.45, 2.75) is 13.0 Å². The number of nitrogens with zero attached hydrogens (tertiary/aromatic N) is 1. The van der Waals surface area contributed by atoms with Crippen molar-refractivity contribution in [3.63, 3.8) is 0 Å². The number of hydrogen-bond acceptors (Lipinski definition) is 2. The van der Waals surface area contributed by atoms with Crippen LogP contribution in [-0.4, -0.2) is 28.9 Å². The fraction of sp³-hybridized carbons (Fsp3) is 0.385. The van der Waals surface area contributed by atoms with Gasteiger partial charge in [-0.1, -0.05) is 6.07 Å². The van der Waals surface area contributed by atoms with Crippen molar-refractivity contribution in [3.05, 3.63) is 35.4 Å². The molecular formula is C13H13F2NO3. The molecule has 2 rings (SSSR count). The number of benzene rings is 1. The maximum absolute atomic E-state index is 13.4. The molecule has 1 aliphatic carbocycles. The van der Waals surface area contributed by atoms with E-state index in [9.17, 15) is 18.4 Å². The number of carboxylic acids is 1. The lowest BCUT2D eigenvalue weighted by atomic mass is 10.2. The van der Waals surface area contributed by atoms with Gasteiger partial charge in [-0.05, 0) is 12.5 Å². The molecule has 6 heteroatoms. The Hall–Kier alpha value is -1.98. The van der Waals surface area contributed by atoms with E-state index in [1.54, 1.807) is 0 Å². The van der Waals surface area contributed by atoms with Gasteiger partial charge in [-0.25, -0.2) is 8.78 Å². The van der Waals surface area contributed by atoms with Crippen LogP contribution in [0.15, 0.2) is 18.2 Å². The minimum absolute atomic E-state index is 0.00616. The van der Waals surface area contributed by atoms with Crippen molar-refractivity contribution >= 4 is 11.9 Å². The first kappa shape index (κ1) is 13.5. The van der Waals surface area contributed by atoms with Crippen LogP contribution in [0.2, 0.25) is 0 Å². The minimum atomic E-state index is -0.986. The molecule has 0 spiro atoms. The molecule has 1 saturated carbocycles. The van der Waals surface area contributed by atoms with Crippen LogP contribution in [0.1, 0.15) is 12.0 Å². The van der Waals surface area contributed by atoms with Crippen LogP contribution < -0.4 is 0 Å². The highest BCUT2D eigenvalue weighted by molar-refractivity contribution is 5.89. The molecule has 0 aromatic heterocycles. The monoisotopic (exact) mass is 269 g/mol. The summed E-state index contributed by atoms with van der Waals surface area (Å²) in [5.74, 6) is -3.86. The fourth-order valence-electron chi connectivity index (χ4n) is 2.01. The third-order valence-corrected chi connectivity index (χ3v) is 3.22. The topological polar surface area (TPSA) is 57.6 Å². The minimum Gasteiger partial charge on any atom is -0.481 e. The Morgan fingerprint density at radius 2 is 2.05 bits per heavy atom. The summed E-state index contributed by atoms with van der Waals surface area (Å²) in [5.41, 5.74) is 0.199. The second kappa shape index (κ2) is 4.95. The summed E-state index contributed by atoms with van der Waals surface area (Å²) in [4.78, 5) is 23.8. The molecule has 2 atom stereocenters. The number of halogens is 2. The van der Waals surface area contributed by atoms with Gasteiger partial charge < -0.3 is 10.0 Å². The largest absolute Gasteiger partial charge is 0.481 e. The second-order valence-corrected chi connectivity index (χ2v) is 4.72. The fourth-order valence-corrected chi connectivity index (χ4v) is 2.01. The molecule has 1 aliphatic rings. The predicted molar refractivity (Wildman–Crippen MR) is 62.1 cm³/mol. The molecule has 19 heavy (non-hydrogen) atoms. The lowest BCUT2D eigenvalue weighted by Gasteiger charge is -2.17. The van der Waals surface area contributed by atoms with Crippen LogP contribution in [0.4, 0.5) is 8.78 Å². The molecule has 4 nitrogen and oxygen atoms in total. The van der Waals surface area contributed by atoms with E-state index in [1.807, 2.05) is 0 Å². The standard InChI is InChI=1S/C13H13F2NO3/c1-16(12(17)9-5-10(9)13(18)19)6-7-2-3-8(14)4-11(7)15/h2-4,9-10H,5-6H2,1H3,(H,18,19)/t9-,10+/m1/s1. The molecule has 0 bridgehead atoms. The Kier molecular flexibility index (Phi) is 3.50. The van der Waals surface area contributed by atoms with E-state index in [0.717, 1.165) is 12.1 Å². The third-order valence-electron chi connectivity index (χ3n) is 3.22. The van der Waals surface area contributed by atoms with Crippen LogP contribution in [0, 0.1) is 23.5 Å². The van der Waals surface area contributed by atoms with Gasteiger partial charge in [0.1, 0.15) is 11.6 Å². The van der Waals surface area contributed by atoms with Gasteiger partial charge in [-0.3, -0.25) is 9.59 Å². The van der Waals surface area contributed by atoms with Crippen molar-refractivity contribution in [2.24, 2.45) is 11.8 Å². The maximum atomic E-state index is 13.4. The summed E-state index contributed by atoms with van der Waals surface area (Å²) in [6, 6.07) is 3.15. The van der Waals surface area contributed by atoms with Crippen LogP contribution in [-0.2, 0) is 16.1 Å². The molecule has 0 saturated heterocycles. The van der Waals surface area contributed by atoms with Gasteiger partial charge >= 0.3 is 5.97 Å². The predicted octanol–water partition coefficient (Wildman–Crippen LogP) is 1.64. The van der Waals surface area contributed by atoms with Crippen molar-refractivity contribution < 1.29 is 23.5 Å². The van der Waals surface area contributed by atoms with E-state index in [2.05, 4.69) is 0 Å². The van der Waals surface area contributed by atoms with E-state index >= 15 is 0 Å². The highest BCUT2D eigenvalue weighted by Crippen LogP contribution is 2.40. The Labute approximate surface area is 108 Å². The highest BCUT2D eigenvalue weighted by Gasteiger charge is 2.49. The highest BCUT2D eigenvalue weighted by atomic mass is 19.1. The quantitative estimate of drug-likeness (QED) is 0.904. The molecule has 1 amide bonds. The lowest BCUT2D eigenvalue weighted by molar-refractivity contribution is -0.141. The molecule has 0 heterocycles. The van der Waals surface area contributed by atoms with Gasteiger partial charge in [-0.2, -0.15) is 0 Å². The van der Waals surface area contributed by atoms with Crippen LogP contribution >= 0.6 is 0 Å². The van der Waals surface area contributed by atoms with Gasteiger partial charge in [0.05, 0.1) is 11.8 Å². The summed E-state index contributed by atoms with van der Waals surface area (Å²) in [6.07, 6.45) is 0.324. The number of carboxylic acid groups (broad SMARTS) is 1. The van der Waals surface area contributed by atoms with Crippen LogP contribution in [0.3, 0.4) is 0 Å². The molecule has 102 valence electrons. The molecule has 1 aromatic rings. The average molecular weight is 269 g/mol. The summed E-state index contributed by atoms with van der Waals surface area (Å²) < 4.78 is 26.2. The van der Waals surface area contributed by atoms with Gasteiger partial charge in [0.15, 0.2) is 0 Å². The van der Waals surface area contributed by atoms with Crippen molar-refractivity contribution in [1.29, 1.82) is 0 Å². The maximum Gasteiger partial charge on any atom is 0.307 e. The Balaban J connectivity index is 1.99. The van der Waals surface area contributed by atoms with Gasteiger partial charge in [0.25, 0.3) is 0 Å². The zero-order valence-electron chi connectivity index (χ0n) is 10.3. The molecule has 1 N–H and O–H groups in total. The van der Waals surface area contributed by atoms with Gasteiger partial charge in [-0.15, -0.1) is 0 Å². The number of rotatable bonds is 4. The van der Waals surface area contributed by atoms with Gasteiger partial charge in [0.2, 0.25) is 5.91 Å². The third kappa shape index (κ3) is 2.89. The molecule has 0 unspecified atom stereocenters. The normalized spacial score (nSPS) is 21.0. The first-order valence-corrected chi connectivity index (χ1v) is 5.82. The average Bonchev–Trinajstić information content (AvgIpc) is 3.11. The van der Waals surface area contributed by atoms with Crippen molar-refractivity contribution in [3.8, 4) is 0 Å². The molecule has 0 radical (unpaired) electrons. The van der Waals surface area contributed by atoms with E-state index in [-0.39, 0.29) is 18.0 Å². The van der Waals surface area contributed by atoms with Crippen molar-refractivity contribution in [2.75, 3.05) is 7.05 Å². The zero-order chi connectivity index (χ0) is 14.2. The SMILES string of the molecule is CN(Cc1ccc(F)cc1F)C(=O)[C@@H]1C[C@@H]1C(=O)O. The Morgan fingerprint density at radius 3 is 2.58 bits per heavy atom. The zero-order valence-corrected chi connectivity index (χ0v) is 10.3. The van der Waals surface area contributed by atoms with Crippen LogP contribution in [0.5, 0.6) is 0 Å². The first-order chi connectivity index (χ1) is 8.90. The summed E-state index contributed by atoms with van der Waals surface area (Å²) in [6.45, 7) is -0.00616. The second-order valence-electron chi connectivity index (χ2n) is 4.72. The Bertz CT molecular complexity index is 533. The molecular weight excluding hydrogens is 256 g/mol. The molecule has 1 fully saturated rings.